The number of unbranched alkanes of at least 4 members (excludes halogenated alkanes) is 1. The number of carbonyl (C=O) groups is 2. The molecular weight excluding hydrogens is 316 g/mol. The zero-order valence-electron chi connectivity index (χ0n) is 14.9. The molecule has 0 aliphatic carbocycles. The lowest BCUT2D eigenvalue weighted by Crippen LogP contribution is -2.21. The molecule has 2 aromatic rings. The van der Waals surface area contributed by atoms with Crippen molar-refractivity contribution < 1.29 is 14.3 Å². The molecule has 0 aromatic heterocycles. The van der Waals surface area contributed by atoms with Gasteiger partial charge in [-0.05, 0) is 48.9 Å². The van der Waals surface area contributed by atoms with Gasteiger partial charge in [-0.3, -0.25) is 9.59 Å². The Morgan fingerprint density at radius 3 is 2.40 bits per heavy atom. The smallest absolute Gasteiger partial charge is 0.255 e. The number of benzene rings is 2. The lowest BCUT2D eigenvalue weighted by molar-refractivity contribution is 0.0827. The van der Waals surface area contributed by atoms with Crippen LogP contribution >= 0.6 is 0 Å². The highest BCUT2D eigenvalue weighted by Gasteiger charge is 2.10. The quantitative estimate of drug-likeness (QED) is 0.780. The van der Waals surface area contributed by atoms with Crippen molar-refractivity contribution in [1.82, 2.24) is 4.90 Å². The van der Waals surface area contributed by atoms with Crippen LogP contribution in [0.3, 0.4) is 0 Å². The van der Waals surface area contributed by atoms with Gasteiger partial charge in [0.2, 0.25) is 0 Å². The largest absolute Gasteiger partial charge is 0.494 e. The minimum Gasteiger partial charge on any atom is -0.494 e. The van der Waals surface area contributed by atoms with Gasteiger partial charge in [-0.15, -0.1) is 0 Å². The van der Waals surface area contributed by atoms with Crippen LogP contribution in [0.5, 0.6) is 5.75 Å². The number of anilines is 1. The molecule has 5 nitrogen and oxygen atoms in total. The summed E-state index contributed by atoms with van der Waals surface area (Å²) in [6, 6.07) is 13.9. The summed E-state index contributed by atoms with van der Waals surface area (Å²) in [4.78, 5) is 25.8. The number of ether oxygens (including phenoxy) is 1. The monoisotopic (exact) mass is 340 g/mol. The van der Waals surface area contributed by atoms with E-state index in [4.69, 9.17) is 4.74 Å². The molecule has 0 heterocycles. The van der Waals surface area contributed by atoms with Gasteiger partial charge in [0, 0.05) is 30.9 Å². The zero-order chi connectivity index (χ0) is 18.2. The third-order valence-corrected chi connectivity index (χ3v) is 3.66. The van der Waals surface area contributed by atoms with Gasteiger partial charge in [-0.1, -0.05) is 19.4 Å². The molecule has 0 saturated heterocycles. The summed E-state index contributed by atoms with van der Waals surface area (Å²) < 4.78 is 5.59. The van der Waals surface area contributed by atoms with E-state index >= 15 is 0 Å². The second-order valence-electron chi connectivity index (χ2n) is 5.96. The van der Waals surface area contributed by atoms with Gasteiger partial charge in [0.25, 0.3) is 11.8 Å². The fraction of sp³-hybridized carbons (Fsp3) is 0.300. The Hall–Kier alpha value is -2.82. The zero-order valence-corrected chi connectivity index (χ0v) is 14.9. The Bertz CT molecular complexity index is 724. The van der Waals surface area contributed by atoms with E-state index in [9.17, 15) is 9.59 Å². The highest BCUT2D eigenvalue weighted by atomic mass is 16.5. The first kappa shape index (κ1) is 18.5. The lowest BCUT2D eigenvalue weighted by Gasteiger charge is -2.12. The highest BCUT2D eigenvalue weighted by Crippen LogP contribution is 2.16. The predicted molar refractivity (Wildman–Crippen MR) is 99.3 cm³/mol. The molecule has 0 atom stereocenters. The average Bonchev–Trinajstić information content (AvgIpc) is 2.62. The summed E-state index contributed by atoms with van der Waals surface area (Å²) >= 11 is 0. The highest BCUT2D eigenvalue weighted by molar-refractivity contribution is 6.05. The second-order valence-corrected chi connectivity index (χ2v) is 5.96. The molecule has 25 heavy (non-hydrogen) atoms. The Kier molecular flexibility index (Phi) is 6.57. The van der Waals surface area contributed by atoms with E-state index in [1.165, 1.54) is 4.90 Å². The molecule has 5 heteroatoms. The van der Waals surface area contributed by atoms with Crippen molar-refractivity contribution in [2.45, 2.75) is 19.8 Å². The molecule has 0 unspecified atom stereocenters. The van der Waals surface area contributed by atoms with Crippen molar-refractivity contribution >= 4 is 17.5 Å². The van der Waals surface area contributed by atoms with Crippen LogP contribution in [0.15, 0.2) is 48.5 Å². The second kappa shape index (κ2) is 8.87. The van der Waals surface area contributed by atoms with Crippen LogP contribution in [0.25, 0.3) is 0 Å². The fourth-order valence-electron chi connectivity index (χ4n) is 2.23. The van der Waals surface area contributed by atoms with E-state index < -0.39 is 0 Å². The van der Waals surface area contributed by atoms with Gasteiger partial charge in [-0.25, -0.2) is 0 Å². The van der Waals surface area contributed by atoms with E-state index in [2.05, 4.69) is 12.2 Å². The number of hydrogen-bond donors (Lipinski definition) is 1. The summed E-state index contributed by atoms with van der Waals surface area (Å²) in [5.41, 5.74) is 1.65. The number of nitrogens with zero attached hydrogens (tertiary/aromatic N) is 1. The summed E-state index contributed by atoms with van der Waals surface area (Å²) in [5.74, 6) is 0.419. The van der Waals surface area contributed by atoms with Gasteiger partial charge in [0.15, 0.2) is 0 Å². The first-order valence-corrected chi connectivity index (χ1v) is 8.37. The summed E-state index contributed by atoms with van der Waals surface area (Å²) in [6.45, 7) is 2.78. The molecule has 0 spiro atoms. The van der Waals surface area contributed by atoms with Crippen LogP contribution in [0.4, 0.5) is 5.69 Å². The molecule has 0 aliphatic heterocycles. The molecule has 2 rings (SSSR count). The first-order valence-electron chi connectivity index (χ1n) is 8.37. The van der Waals surface area contributed by atoms with Crippen LogP contribution in [0.1, 0.15) is 40.5 Å². The molecule has 2 amide bonds. The number of amides is 2. The Balaban J connectivity index is 2.02. The van der Waals surface area contributed by atoms with E-state index in [1.807, 2.05) is 0 Å². The number of rotatable bonds is 7. The maximum Gasteiger partial charge on any atom is 0.255 e. The Labute approximate surface area is 148 Å². The molecule has 0 bridgehead atoms. The van der Waals surface area contributed by atoms with E-state index in [1.54, 1.807) is 62.6 Å². The molecule has 2 aromatic carbocycles. The van der Waals surface area contributed by atoms with Gasteiger partial charge >= 0.3 is 0 Å². The minimum atomic E-state index is -0.227. The number of nitrogens with one attached hydrogen (secondary N) is 1. The van der Waals surface area contributed by atoms with Crippen molar-refractivity contribution in [3.05, 3.63) is 59.7 Å². The van der Waals surface area contributed by atoms with Crippen molar-refractivity contribution in [3.8, 4) is 5.75 Å². The molecular formula is C20H24N2O3. The minimum absolute atomic E-state index is 0.107. The van der Waals surface area contributed by atoms with Crippen LogP contribution < -0.4 is 10.1 Å². The third-order valence-electron chi connectivity index (χ3n) is 3.66. The standard InChI is InChI=1S/C20H24N2O3/c1-4-5-13-25-18-11-9-15(10-12-18)19(23)21-17-8-6-7-16(14-17)20(24)22(2)3/h6-12,14H,4-5,13H2,1-3H3,(H,21,23). The van der Waals surface area contributed by atoms with Gasteiger partial charge in [0.1, 0.15) is 5.75 Å². The van der Waals surface area contributed by atoms with Gasteiger partial charge in [0.05, 0.1) is 6.61 Å². The summed E-state index contributed by atoms with van der Waals surface area (Å²) in [6.07, 6.45) is 2.08. The Morgan fingerprint density at radius 1 is 1.04 bits per heavy atom. The van der Waals surface area contributed by atoms with Gasteiger partial charge in [-0.2, -0.15) is 0 Å². The normalized spacial score (nSPS) is 10.2. The lowest BCUT2D eigenvalue weighted by atomic mass is 10.1. The maximum absolute atomic E-state index is 12.4. The van der Waals surface area contributed by atoms with Crippen LogP contribution in [0.2, 0.25) is 0 Å². The predicted octanol–water partition coefficient (Wildman–Crippen LogP) is 3.82. The molecule has 0 fully saturated rings. The molecule has 0 saturated carbocycles. The molecule has 132 valence electrons. The number of hydrogen-bond acceptors (Lipinski definition) is 3. The maximum atomic E-state index is 12.4. The van der Waals surface area contributed by atoms with E-state index in [-0.39, 0.29) is 11.8 Å². The van der Waals surface area contributed by atoms with Crippen molar-refractivity contribution in [1.29, 1.82) is 0 Å². The average molecular weight is 340 g/mol. The van der Waals surface area contributed by atoms with Crippen LogP contribution in [-0.4, -0.2) is 37.4 Å². The van der Waals surface area contributed by atoms with Crippen molar-refractivity contribution in [2.75, 3.05) is 26.0 Å². The molecule has 0 aliphatic rings. The van der Waals surface area contributed by atoms with Gasteiger partial charge < -0.3 is 15.0 Å². The summed E-state index contributed by atoms with van der Waals surface area (Å²) in [5, 5.41) is 2.81. The van der Waals surface area contributed by atoms with E-state index in [0.29, 0.717) is 23.4 Å². The fourth-order valence-corrected chi connectivity index (χ4v) is 2.23. The van der Waals surface area contributed by atoms with Crippen LogP contribution in [0, 0.1) is 0 Å². The summed E-state index contributed by atoms with van der Waals surface area (Å²) in [7, 11) is 3.38. The molecule has 0 radical (unpaired) electrons. The third kappa shape index (κ3) is 5.35. The Morgan fingerprint density at radius 2 is 1.76 bits per heavy atom. The van der Waals surface area contributed by atoms with Crippen molar-refractivity contribution in [2.24, 2.45) is 0 Å². The topological polar surface area (TPSA) is 58.6 Å². The van der Waals surface area contributed by atoms with E-state index in [0.717, 1.165) is 18.6 Å². The van der Waals surface area contributed by atoms with Crippen molar-refractivity contribution in [3.63, 3.8) is 0 Å². The first-order chi connectivity index (χ1) is 12.0. The SMILES string of the molecule is CCCCOc1ccc(C(=O)Nc2cccc(C(=O)N(C)C)c2)cc1. The molecule has 1 N–H and O–H groups in total. The number of carbonyl (C=O) groups excluding carboxylic acids is 2. The van der Waals surface area contributed by atoms with Crippen LogP contribution in [-0.2, 0) is 0 Å².